The van der Waals surface area contributed by atoms with Crippen LogP contribution in [0, 0.1) is 5.82 Å². The first kappa shape index (κ1) is 21.5. The van der Waals surface area contributed by atoms with E-state index in [0.29, 0.717) is 31.8 Å². The molecule has 7 nitrogen and oxygen atoms in total. The van der Waals surface area contributed by atoms with Crippen LogP contribution in [0.25, 0.3) is 11.3 Å². The maximum absolute atomic E-state index is 13.0. The summed E-state index contributed by atoms with van der Waals surface area (Å²) in [5.74, 6) is 1.06. The van der Waals surface area contributed by atoms with Gasteiger partial charge in [0.15, 0.2) is 0 Å². The summed E-state index contributed by atoms with van der Waals surface area (Å²) >= 11 is 0. The van der Waals surface area contributed by atoms with Crippen molar-refractivity contribution < 1.29 is 18.7 Å². The summed E-state index contributed by atoms with van der Waals surface area (Å²) in [6, 6.07) is 13.4. The zero-order chi connectivity index (χ0) is 22.5. The molecule has 0 bridgehead atoms. The van der Waals surface area contributed by atoms with Crippen molar-refractivity contribution in [2.45, 2.75) is 26.3 Å². The SMILES string of the molecule is CC(=O)Nc1cccc(-c2cnc3n2CCN(C(=O)CCOc2ccc(F)cc2)CC3)c1. The highest BCUT2D eigenvalue weighted by Gasteiger charge is 2.21. The van der Waals surface area contributed by atoms with Crippen molar-refractivity contribution in [3.63, 3.8) is 0 Å². The van der Waals surface area contributed by atoms with Crippen LogP contribution >= 0.6 is 0 Å². The lowest BCUT2D eigenvalue weighted by molar-refractivity contribution is -0.131. The van der Waals surface area contributed by atoms with Crippen molar-refractivity contribution in [1.82, 2.24) is 14.5 Å². The fraction of sp³-hybridized carbons (Fsp3) is 0.292. The van der Waals surface area contributed by atoms with Crippen molar-refractivity contribution in [3.8, 4) is 17.0 Å². The van der Waals surface area contributed by atoms with Crippen LogP contribution in [0.1, 0.15) is 19.2 Å². The number of amides is 2. The Bertz CT molecular complexity index is 1110. The molecule has 32 heavy (non-hydrogen) atoms. The molecule has 1 aromatic heterocycles. The van der Waals surface area contributed by atoms with Crippen LogP contribution in [0.3, 0.4) is 0 Å². The molecule has 166 valence electrons. The molecule has 0 spiro atoms. The van der Waals surface area contributed by atoms with E-state index in [1.807, 2.05) is 35.4 Å². The van der Waals surface area contributed by atoms with E-state index < -0.39 is 0 Å². The summed E-state index contributed by atoms with van der Waals surface area (Å²) in [4.78, 5) is 30.5. The topological polar surface area (TPSA) is 76.5 Å². The van der Waals surface area contributed by atoms with Gasteiger partial charge in [0.25, 0.3) is 0 Å². The van der Waals surface area contributed by atoms with E-state index in [-0.39, 0.29) is 30.7 Å². The van der Waals surface area contributed by atoms with E-state index in [9.17, 15) is 14.0 Å². The van der Waals surface area contributed by atoms with Gasteiger partial charge in [-0.15, -0.1) is 0 Å². The molecule has 2 aromatic carbocycles. The zero-order valence-corrected chi connectivity index (χ0v) is 17.9. The highest BCUT2D eigenvalue weighted by atomic mass is 19.1. The highest BCUT2D eigenvalue weighted by molar-refractivity contribution is 5.89. The first-order valence-electron chi connectivity index (χ1n) is 10.6. The monoisotopic (exact) mass is 436 g/mol. The molecule has 3 aromatic rings. The van der Waals surface area contributed by atoms with Crippen molar-refractivity contribution in [1.29, 1.82) is 0 Å². The quantitative estimate of drug-likeness (QED) is 0.642. The third-order valence-corrected chi connectivity index (χ3v) is 5.37. The minimum Gasteiger partial charge on any atom is -0.493 e. The molecule has 4 rings (SSSR count). The van der Waals surface area contributed by atoms with Gasteiger partial charge in [-0.1, -0.05) is 12.1 Å². The lowest BCUT2D eigenvalue weighted by atomic mass is 10.1. The third-order valence-electron chi connectivity index (χ3n) is 5.37. The van der Waals surface area contributed by atoms with Gasteiger partial charge >= 0.3 is 0 Å². The summed E-state index contributed by atoms with van der Waals surface area (Å²) in [5.41, 5.74) is 2.65. The van der Waals surface area contributed by atoms with Crippen LogP contribution in [0.4, 0.5) is 10.1 Å². The molecular formula is C24H25FN4O3. The Morgan fingerprint density at radius 2 is 1.94 bits per heavy atom. The van der Waals surface area contributed by atoms with Crippen LogP contribution in [0.2, 0.25) is 0 Å². The molecule has 0 unspecified atom stereocenters. The predicted molar refractivity (Wildman–Crippen MR) is 119 cm³/mol. The maximum Gasteiger partial charge on any atom is 0.226 e. The Labute approximate surface area is 185 Å². The first-order valence-corrected chi connectivity index (χ1v) is 10.6. The normalized spacial score (nSPS) is 13.2. The van der Waals surface area contributed by atoms with Crippen LogP contribution in [0.15, 0.2) is 54.7 Å². The van der Waals surface area contributed by atoms with Crippen LogP contribution in [-0.4, -0.2) is 46.0 Å². The second-order valence-corrected chi connectivity index (χ2v) is 7.66. The van der Waals surface area contributed by atoms with Gasteiger partial charge in [0.1, 0.15) is 17.4 Å². The van der Waals surface area contributed by atoms with Crippen molar-refractivity contribution in [3.05, 3.63) is 66.4 Å². The highest BCUT2D eigenvalue weighted by Crippen LogP contribution is 2.25. The molecule has 0 atom stereocenters. The number of imidazole rings is 1. The summed E-state index contributed by atoms with van der Waals surface area (Å²) in [6.45, 7) is 3.54. The average molecular weight is 436 g/mol. The molecule has 0 fully saturated rings. The van der Waals surface area contributed by atoms with Gasteiger partial charge in [0.2, 0.25) is 11.8 Å². The number of fused-ring (bicyclic) bond motifs is 1. The van der Waals surface area contributed by atoms with Crippen LogP contribution in [-0.2, 0) is 22.6 Å². The van der Waals surface area contributed by atoms with Crippen molar-refractivity contribution >= 4 is 17.5 Å². The number of aromatic nitrogens is 2. The Kier molecular flexibility index (Phi) is 6.49. The Morgan fingerprint density at radius 1 is 1.12 bits per heavy atom. The summed E-state index contributed by atoms with van der Waals surface area (Å²) in [6.07, 6.45) is 2.76. The molecule has 8 heteroatoms. The van der Waals surface area contributed by atoms with E-state index >= 15 is 0 Å². The number of nitrogens with zero attached hydrogens (tertiary/aromatic N) is 3. The molecule has 0 saturated carbocycles. The van der Waals surface area contributed by atoms with Crippen molar-refractivity contribution in [2.75, 3.05) is 25.0 Å². The Balaban J connectivity index is 1.37. The van der Waals surface area contributed by atoms with Crippen LogP contribution in [0.5, 0.6) is 5.75 Å². The predicted octanol–water partition coefficient (Wildman–Crippen LogP) is 3.50. The van der Waals surface area contributed by atoms with E-state index in [4.69, 9.17) is 4.74 Å². The molecule has 0 aliphatic carbocycles. The van der Waals surface area contributed by atoms with E-state index in [2.05, 4.69) is 14.9 Å². The average Bonchev–Trinajstić information content (AvgIpc) is 3.06. The number of rotatable bonds is 6. The molecule has 2 heterocycles. The number of ether oxygens (including phenoxy) is 1. The molecule has 0 saturated heterocycles. The minimum absolute atomic E-state index is 0.0204. The standard InChI is InChI=1S/C24H25FN4O3/c1-17(30)27-20-4-2-3-18(15-20)22-16-26-23-9-11-28(12-13-29(22)23)24(31)10-14-32-21-7-5-19(25)6-8-21/h2-8,15-16H,9-14H2,1H3,(H,27,30). The molecule has 1 aliphatic heterocycles. The summed E-state index contributed by atoms with van der Waals surface area (Å²) in [7, 11) is 0. The maximum atomic E-state index is 13.0. The smallest absolute Gasteiger partial charge is 0.226 e. The van der Waals surface area contributed by atoms with Gasteiger partial charge in [-0.05, 0) is 36.4 Å². The summed E-state index contributed by atoms with van der Waals surface area (Å²) in [5, 5.41) is 2.80. The second kappa shape index (κ2) is 9.64. The number of carbonyl (C=O) groups is 2. The minimum atomic E-state index is -0.322. The number of carbonyl (C=O) groups excluding carboxylic acids is 2. The number of anilines is 1. The van der Waals surface area contributed by atoms with E-state index in [1.54, 1.807) is 12.1 Å². The van der Waals surface area contributed by atoms with Gasteiger partial charge in [0, 0.05) is 44.2 Å². The number of nitrogens with one attached hydrogen (secondary N) is 1. The Morgan fingerprint density at radius 3 is 2.72 bits per heavy atom. The summed E-state index contributed by atoms with van der Waals surface area (Å²) < 4.78 is 20.7. The van der Waals surface area contributed by atoms with Crippen molar-refractivity contribution in [2.24, 2.45) is 0 Å². The Hall–Kier alpha value is -3.68. The van der Waals surface area contributed by atoms with E-state index in [1.165, 1.54) is 19.1 Å². The van der Waals surface area contributed by atoms with Gasteiger partial charge in [-0.2, -0.15) is 0 Å². The number of hydrogen-bond acceptors (Lipinski definition) is 4. The van der Waals surface area contributed by atoms with E-state index in [0.717, 1.165) is 22.8 Å². The number of halogens is 1. The second-order valence-electron chi connectivity index (χ2n) is 7.66. The van der Waals surface area contributed by atoms with Crippen LogP contribution < -0.4 is 10.1 Å². The van der Waals surface area contributed by atoms with Gasteiger partial charge < -0.3 is 19.5 Å². The largest absolute Gasteiger partial charge is 0.493 e. The molecule has 0 radical (unpaired) electrons. The van der Waals surface area contributed by atoms with Gasteiger partial charge in [0.05, 0.1) is 24.9 Å². The molecule has 1 aliphatic rings. The first-order chi connectivity index (χ1) is 15.5. The zero-order valence-electron chi connectivity index (χ0n) is 17.9. The van der Waals surface area contributed by atoms with Gasteiger partial charge in [-0.3, -0.25) is 9.59 Å². The third kappa shape index (κ3) is 5.14. The molecular weight excluding hydrogens is 411 g/mol. The fourth-order valence-electron chi connectivity index (χ4n) is 3.82. The molecule has 1 N–H and O–H groups in total. The lowest BCUT2D eigenvalue weighted by Gasteiger charge is -2.20. The molecule has 2 amide bonds. The fourth-order valence-corrected chi connectivity index (χ4v) is 3.82. The number of hydrogen-bond donors (Lipinski definition) is 1. The van der Waals surface area contributed by atoms with Gasteiger partial charge in [-0.25, -0.2) is 9.37 Å². The number of benzene rings is 2. The lowest BCUT2D eigenvalue weighted by Crippen LogP contribution is -2.34.